The maximum atomic E-state index is 12.2. The Bertz CT molecular complexity index is 507. The zero-order chi connectivity index (χ0) is 15.2. The van der Waals surface area contributed by atoms with Gasteiger partial charge in [-0.2, -0.15) is 0 Å². The van der Waals surface area contributed by atoms with E-state index in [0.717, 1.165) is 4.88 Å². The molecule has 1 aromatic heterocycles. The summed E-state index contributed by atoms with van der Waals surface area (Å²) in [6, 6.07) is 3.65. The van der Waals surface area contributed by atoms with Gasteiger partial charge >= 0.3 is 5.97 Å². The van der Waals surface area contributed by atoms with E-state index in [1.165, 1.54) is 11.3 Å². The number of carboxylic acids is 1. The van der Waals surface area contributed by atoms with Crippen molar-refractivity contribution in [2.45, 2.75) is 19.3 Å². The molecule has 1 saturated heterocycles. The Morgan fingerprint density at radius 2 is 1.76 bits per heavy atom. The molecule has 1 fully saturated rings. The second-order valence-corrected chi connectivity index (χ2v) is 5.85. The Balaban J connectivity index is 1.76. The maximum Gasteiger partial charge on any atom is 0.303 e. The smallest absolute Gasteiger partial charge is 0.303 e. The summed E-state index contributed by atoms with van der Waals surface area (Å²) in [6.07, 6.45) is 0.635. The summed E-state index contributed by atoms with van der Waals surface area (Å²) < 4.78 is 0. The summed E-state index contributed by atoms with van der Waals surface area (Å²) >= 11 is 1.42. The molecule has 2 amide bonds. The van der Waals surface area contributed by atoms with Crippen molar-refractivity contribution in [1.82, 2.24) is 9.80 Å². The molecule has 6 nitrogen and oxygen atoms in total. The predicted molar refractivity (Wildman–Crippen MR) is 78.3 cm³/mol. The highest BCUT2D eigenvalue weighted by atomic mass is 32.1. The van der Waals surface area contributed by atoms with Gasteiger partial charge in [0.05, 0.1) is 4.88 Å². The number of thiophene rings is 1. The lowest BCUT2D eigenvalue weighted by Gasteiger charge is -2.34. The molecule has 2 rings (SSSR count). The van der Waals surface area contributed by atoms with Gasteiger partial charge < -0.3 is 14.9 Å². The van der Waals surface area contributed by atoms with E-state index in [4.69, 9.17) is 5.11 Å². The number of carbonyl (C=O) groups excluding carboxylic acids is 2. The van der Waals surface area contributed by atoms with Crippen LogP contribution in [0.4, 0.5) is 0 Å². The van der Waals surface area contributed by atoms with Crippen molar-refractivity contribution in [3.63, 3.8) is 0 Å². The van der Waals surface area contributed by atoms with E-state index in [0.29, 0.717) is 32.6 Å². The molecular formula is C14H18N2O4S. The summed E-state index contributed by atoms with van der Waals surface area (Å²) in [5, 5.41) is 10.4. The standard InChI is InChI=1S/C14H18N2O4S/c17-12(4-1-5-13(18)19)15-6-8-16(9-7-15)14(20)11-3-2-10-21-11/h2-3,10H,1,4-9H2,(H,18,19). The first-order valence-electron chi connectivity index (χ1n) is 6.90. The van der Waals surface area contributed by atoms with Crippen LogP contribution in [0.25, 0.3) is 0 Å². The molecule has 0 bridgehead atoms. The molecule has 0 aromatic carbocycles. The van der Waals surface area contributed by atoms with Gasteiger partial charge in [-0.05, 0) is 17.9 Å². The predicted octanol–water partition coefficient (Wildman–Crippen LogP) is 1.29. The molecule has 2 heterocycles. The molecule has 21 heavy (non-hydrogen) atoms. The van der Waals surface area contributed by atoms with E-state index >= 15 is 0 Å². The van der Waals surface area contributed by atoms with E-state index in [-0.39, 0.29) is 24.7 Å². The number of amides is 2. The van der Waals surface area contributed by atoms with Crippen LogP contribution in [0, 0.1) is 0 Å². The summed E-state index contributed by atoms with van der Waals surface area (Å²) in [6.45, 7) is 2.09. The van der Waals surface area contributed by atoms with Gasteiger partial charge in [-0.15, -0.1) is 11.3 Å². The lowest BCUT2D eigenvalue weighted by atomic mass is 10.2. The summed E-state index contributed by atoms with van der Waals surface area (Å²) in [5.74, 6) is -0.892. The number of rotatable bonds is 5. The van der Waals surface area contributed by atoms with Crippen LogP contribution in [0.5, 0.6) is 0 Å². The van der Waals surface area contributed by atoms with Gasteiger partial charge in [0.1, 0.15) is 0 Å². The Labute approximate surface area is 127 Å². The first-order chi connectivity index (χ1) is 10.1. The van der Waals surface area contributed by atoms with E-state index < -0.39 is 5.97 Å². The summed E-state index contributed by atoms with van der Waals surface area (Å²) in [5.41, 5.74) is 0. The Kier molecular flexibility index (Phi) is 5.32. The Morgan fingerprint density at radius 1 is 1.10 bits per heavy atom. The van der Waals surface area contributed by atoms with Crippen LogP contribution in [0.15, 0.2) is 17.5 Å². The number of piperazine rings is 1. The first-order valence-corrected chi connectivity index (χ1v) is 7.78. The van der Waals surface area contributed by atoms with Crippen LogP contribution in [0.1, 0.15) is 28.9 Å². The Hall–Kier alpha value is -1.89. The molecule has 1 aromatic rings. The molecule has 1 aliphatic rings. The lowest BCUT2D eigenvalue weighted by Crippen LogP contribution is -2.50. The monoisotopic (exact) mass is 310 g/mol. The van der Waals surface area contributed by atoms with E-state index in [9.17, 15) is 14.4 Å². The highest BCUT2D eigenvalue weighted by molar-refractivity contribution is 7.12. The fourth-order valence-corrected chi connectivity index (χ4v) is 2.95. The fraction of sp³-hybridized carbons (Fsp3) is 0.500. The minimum absolute atomic E-state index is 0.0164. The number of carboxylic acid groups (broad SMARTS) is 1. The van der Waals surface area contributed by atoms with Crippen molar-refractivity contribution >= 4 is 29.1 Å². The van der Waals surface area contributed by atoms with Gasteiger partial charge in [0.15, 0.2) is 0 Å². The SMILES string of the molecule is O=C(O)CCCC(=O)N1CCN(C(=O)c2cccs2)CC1. The minimum atomic E-state index is -0.880. The zero-order valence-electron chi connectivity index (χ0n) is 11.7. The molecule has 0 aliphatic carbocycles. The van der Waals surface area contributed by atoms with Gasteiger partial charge in [0.2, 0.25) is 5.91 Å². The second-order valence-electron chi connectivity index (χ2n) is 4.90. The van der Waals surface area contributed by atoms with E-state index in [1.807, 2.05) is 11.4 Å². The van der Waals surface area contributed by atoms with Crippen LogP contribution in [0.3, 0.4) is 0 Å². The largest absolute Gasteiger partial charge is 0.481 e. The van der Waals surface area contributed by atoms with Gasteiger partial charge in [-0.1, -0.05) is 6.07 Å². The number of hydrogen-bond donors (Lipinski definition) is 1. The summed E-state index contributed by atoms with van der Waals surface area (Å²) in [4.78, 5) is 38.7. The molecule has 114 valence electrons. The van der Waals surface area contributed by atoms with Gasteiger partial charge in [0, 0.05) is 39.0 Å². The second kappa shape index (κ2) is 7.21. The number of hydrogen-bond acceptors (Lipinski definition) is 4. The van der Waals surface area contributed by atoms with Crippen molar-refractivity contribution in [2.75, 3.05) is 26.2 Å². The van der Waals surface area contributed by atoms with Gasteiger partial charge in [0.25, 0.3) is 5.91 Å². The fourth-order valence-electron chi connectivity index (χ4n) is 2.26. The van der Waals surface area contributed by atoms with Gasteiger partial charge in [-0.3, -0.25) is 14.4 Å². The molecule has 7 heteroatoms. The van der Waals surface area contributed by atoms with E-state index in [1.54, 1.807) is 15.9 Å². The number of nitrogens with zero attached hydrogens (tertiary/aromatic N) is 2. The van der Waals surface area contributed by atoms with Crippen LogP contribution in [-0.2, 0) is 9.59 Å². The van der Waals surface area contributed by atoms with Crippen molar-refractivity contribution < 1.29 is 19.5 Å². The molecular weight excluding hydrogens is 292 g/mol. The highest BCUT2D eigenvalue weighted by Gasteiger charge is 2.24. The van der Waals surface area contributed by atoms with Crippen LogP contribution < -0.4 is 0 Å². The molecule has 0 unspecified atom stereocenters. The van der Waals surface area contributed by atoms with Crippen LogP contribution in [-0.4, -0.2) is 58.9 Å². The third kappa shape index (κ3) is 4.29. The van der Waals surface area contributed by atoms with Crippen molar-refractivity contribution in [3.05, 3.63) is 22.4 Å². The Morgan fingerprint density at radius 3 is 2.33 bits per heavy atom. The van der Waals surface area contributed by atoms with Crippen molar-refractivity contribution in [3.8, 4) is 0 Å². The average molecular weight is 310 g/mol. The summed E-state index contributed by atoms with van der Waals surface area (Å²) in [7, 11) is 0. The van der Waals surface area contributed by atoms with E-state index in [2.05, 4.69) is 0 Å². The van der Waals surface area contributed by atoms with Crippen molar-refractivity contribution in [1.29, 1.82) is 0 Å². The highest BCUT2D eigenvalue weighted by Crippen LogP contribution is 2.14. The van der Waals surface area contributed by atoms with Crippen LogP contribution in [0.2, 0.25) is 0 Å². The number of carbonyl (C=O) groups is 3. The molecule has 0 radical (unpaired) electrons. The average Bonchev–Trinajstić information content (AvgIpc) is 3.00. The number of aliphatic carboxylic acids is 1. The molecule has 1 N–H and O–H groups in total. The third-order valence-electron chi connectivity index (χ3n) is 3.43. The molecule has 0 atom stereocenters. The molecule has 1 aliphatic heterocycles. The maximum absolute atomic E-state index is 12.2. The minimum Gasteiger partial charge on any atom is -0.481 e. The van der Waals surface area contributed by atoms with Crippen LogP contribution >= 0.6 is 11.3 Å². The first kappa shape index (κ1) is 15.5. The normalized spacial score (nSPS) is 15.0. The quantitative estimate of drug-likeness (QED) is 0.889. The third-order valence-corrected chi connectivity index (χ3v) is 4.29. The molecule has 0 saturated carbocycles. The lowest BCUT2D eigenvalue weighted by molar-refractivity contribution is -0.137. The zero-order valence-corrected chi connectivity index (χ0v) is 12.5. The topological polar surface area (TPSA) is 77.9 Å². The van der Waals surface area contributed by atoms with Gasteiger partial charge in [-0.25, -0.2) is 0 Å². The van der Waals surface area contributed by atoms with Crippen molar-refractivity contribution in [2.24, 2.45) is 0 Å². The molecule has 0 spiro atoms.